The molecule has 1 unspecified atom stereocenters. The lowest BCUT2D eigenvalue weighted by Crippen LogP contribution is -2.37. The van der Waals surface area contributed by atoms with Crippen LogP contribution >= 0.6 is 0 Å². The van der Waals surface area contributed by atoms with Crippen molar-refractivity contribution in [3.8, 4) is 0 Å². The molecule has 1 aliphatic rings. The predicted molar refractivity (Wildman–Crippen MR) is 72.4 cm³/mol. The van der Waals surface area contributed by atoms with Gasteiger partial charge in [-0.15, -0.1) is 0 Å². The summed E-state index contributed by atoms with van der Waals surface area (Å²) in [6.45, 7) is 5.08. The number of piperidine rings is 1. The van der Waals surface area contributed by atoms with Crippen LogP contribution in [0.2, 0.25) is 0 Å². The van der Waals surface area contributed by atoms with Crippen molar-refractivity contribution in [3.63, 3.8) is 0 Å². The summed E-state index contributed by atoms with van der Waals surface area (Å²) in [6.07, 6.45) is 2.48. The van der Waals surface area contributed by atoms with Gasteiger partial charge in [0.25, 0.3) is 0 Å². The van der Waals surface area contributed by atoms with Crippen LogP contribution in [0.4, 0.5) is 11.4 Å². The average molecular weight is 234 g/mol. The molecule has 1 aromatic carbocycles. The summed E-state index contributed by atoms with van der Waals surface area (Å²) in [4.78, 5) is 2.40. The van der Waals surface area contributed by atoms with Gasteiger partial charge in [-0.25, -0.2) is 0 Å². The predicted octanol–water partition coefficient (Wildman–Crippen LogP) is 2.44. The number of nitrogens with zero attached hydrogens (tertiary/aromatic N) is 1. The molecule has 0 saturated carbocycles. The van der Waals surface area contributed by atoms with Gasteiger partial charge in [-0.2, -0.15) is 0 Å². The molecular formula is C14H22N2O. The van der Waals surface area contributed by atoms with E-state index in [1.54, 1.807) is 7.11 Å². The first-order valence-corrected chi connectivity index (χ1v) is 6.31. The Labute approximate surface area is 104 Å². The standard InChI is InChI=1S/C14H22N2O/c1-11-5-3-7-13(14(11)15)16-8-4-6-12(9-16)10-17-2/h3,5,7,12H,4,6,8-10,15H2,1-2H3. The summed E-state index contributed by atoms with van der Waals surface area (Å²) in [5, 5.41) is 0. The van der Waals surface area contributed by atoms with Crippen molar-refractivity contribution in [1.29, 1.82) is 0 Å². The molecule has 2 rings (SSSR count). The van der Waals surface area contributed by atoms with Crippen molar-refractivity contribution in [2.75, 3.05) is 37.4 Å². The van der Waals surface area contributed by atoms with E-state index in [-0.39, 0.29) is 0 Å². The van der Waals surface area contributed by atoms with Gasteiger partial charge in [-0.1, -0.05) is 12.1 Å². The van der Waals surface area contributed by atoms with Crippen LogP contribution in [0.25, 0.3) is 0 Å². The molecule has 1 aliphatic heterocycles. The van der Waals surface area contributed by atoms with Crippen molar-refractivity contribution < 1.29 is 4.74 Å². The number of ether oxygens (including phenoxy) is 1. The van der Waals surface area contributed by atoms with Crippen LogP contribution in [0.5, 0.6) is 0 Å². The zero-order chi connectivity index (χ0) is 12.3. The third-order valence-electron chi connectivity index (χ3n) is 3.56. The summed E-state index contributed by atoms with van der Waals surface area (Å²) >= 11 is 0. The lowest BCUT2D eigenvalue weighted by atomic mass is 9.98. The van der Waals surface area contributed by atoms with Gasteiger partial charge in [0.1, 0.15) is 0 Å². The SMILES string of the molecule is COCC1CCCN(c2cccc(C)c2N)C1. The second kappa shape index (κ2) is 5.41. The van der Waals surface area contributed by atoms with Gasteiger partial charge in [0.2, 0.25) is 0 Å². The van der Waals surface area contributed by atoms with Gasteiger partial charge in [0.15, 0.2) is 0 Å². The zero-order valence-electron chi connectivity index (χ0n) is 10.8. The van der Waals surface area contributed by atoms with E-state index >= 15 is 0 Å². The third kappa shape index (κ3) is 2.72. The smallest absolute Gasteiger partial charge is 0.0602 e. The van der Waals surface area contributed by atoms with Crippen LogP contribution in [0, 0.1) is 12.8 Å². The van der Waals surface area contributed by atoms with Crippen molar-refractivity contribution in [1.82, 2.24) is 0 Å². The molecule has 0 radical (unpaired) electrons. The first-order valence-electron chi connectivity index (χ1n) is 6.31. The minimum Gasteiger partial charge on any atom is -0.397 e. The summed E-state index contributed by atoms with van der Waals surface area (Å²) in [5.74, 6) is 0.633. The summed E-state index contributed by atoms with van der Waals surface area (Å²) in [7, 11) is 1.78. The van der Waals surface area contributed by atoms with E-state index < -0.39 is 0 Å². The van der Waals surface area contributed by atoms with Gasteiger partial charge < -0.3 is 15.4 Å². The maximum Gasteiger partial charge on any atom is 0.0602 e. The fourth-order valence-electron chi connectivity index (χ4n) is 2.60. The zero-order valence-corrected chi connectivity index (χ0v) is 10.8. The fourth-order valence-corrected chi connectivity index (χ4v) is 2.60. The average Bonchev–Trinajstić information content (AvgIpc) is 2.33. The van der Waals surface area contributed by atoms with Gasteiger partial charge in [-0.3, -0.25) is 0 Å². The van der Waals surface area contributed by atoms with Gasteiger partial charge in [0.05, 0.1) is 18.0 Å². The Balaban J connectivity index is 2.13. The summed E-state index contributed by atoms with van der Waals surface area (Å²) in [5.41, 5.74) is 9.43. The molecule has 0 spiro atoms. The molecular weight excluding hydrogens is 212 g/mol. The van der Waals surface area contributed by atoms with Crippen molar-refractivity contribution >= 4 is 11.4 Å². The number of benzene rings is 1. The van der Waals surface area contributed by atoms with E-state index in [1.165, 1.54) is 18.5 Å². The lowest BCUT2D eigenvalue weighted by Gasteiger charge is -2.35. The summed E-state index contributed by atoms with van der Waals surface area (Å²) in [6, 6.07) is 6.27. The number of anilines is 2. The van der Waals surface area contributed by atoms with E-state index in [0.29, 0.717) is 5.92 Å². The van der Waals surface area contributed by atoms with E-state index in [4.69, 9.17) is 10.5 Å². The minimum atomic E-state index is 0.633. The Morgan fingerprint density at radius 1 is 1.47 bits per heavy atom. The molecule has 0 aliphatic carbocycles. The number of nitrogen functional groups attached to an aromatic ring is 1. The van der Waals surface area contributed by atoms with E-state index in [1.807, 2.05) is 0 Å². The van der Waals surface area contributed by atoms with Gasteiger partial charge in [0, 0.05) is 20.2 Å². The highest BCUT2D eigenvalue weighted by Crippen LogP contribution is 2.30. The molecule has 1 aromatic rings. The Morgan fingerprint density at radius 2 is 2.29 bits per heavy atom. The number of nitrogens with two attached hydrogens (primary N) is 1. The molecule has 1 atom stereocenters. The minimum absolute atomic E-state index is 0.633. The normalized spacial score (nSPS) is 20.6. The Kier molecular flexibility index (Phi) is 3.89. The molecule has 17 heavy (non-hydrogen) atoms. The number of rotatable bonds is 3. The first kappa shape index (κ1) is 12.2. The number of hydrogen-bond acceptors (Lipinski definition) is 3. The van der Waals surface area contributed by atoms with Gasteiger partial charge >= 0.3 is 0 Å². The molecule has 0 bridgehead atoms. The number of hydrogen-bond donors (Lipinski definition) is 1. The second-order valence-corrected chi connectivity index (χ2v) is 4.92. The topological polar surface area (TPSA) is 38.5 Å². The molecule has 1 fully saturated rings. The maximum atomic E-state index is 6.16. The Hall–Kier alpha value is -1.22. The highest BCUT2D eigenvalue weighted by atomic mass is 16.5. The quantitative estimate of drug-likeness (QED) is 0.816. The Bertz CT molecular complexity index is 376. The second-order valence-electron chi connectivity index (χ2n) is 4.92. The monoisotopic (exact) mass is 234 g/mol. The largest absolute Gasteiger partial charge is 0.397 e. The molecule has 1 heterocycles. The molecule has 94 valence electrons. The molecule has 1 saturated heterocycles. The fraction of sp³-hybridized carbons (Fsp3) is 0.571. The molecule has 0 aromatic heterocycles. The van der Waals surface area contributed by atoms with Crippen LogP contribution in [-0.2, 0) is 4.74 Å². The van der Waals surface area contributed by atoms with E-state index in [9.17, 15) is 0 Å². The van der Waals surface area contributed by atoms with Crippen LogP contribution < -0.4 is 10.6 Å². The van der Waals surface area contributed by atoms with Crippen molar-refractivity contribution in [3.05, 3.63) is 23.8 Å². The van der Waals surface area contributed by atoms with Crippen molar-refractivity contribution in [2.24, 2.45) is 5.92 Å². The molecule has 3 nitrogen and oxygen atoms in total. The van der Waals surface area contributed by atoms with E-state index in [0.717, 1.165) is 30.9 Å². The van der Waals surface area contributed by atoms with Crippen LogP contribution in [0.1, 0.15) is 18.4 Å². The third-order valence-corrected chi connectivity index (χ3v) is 3.56. The number of methoxy groups -OCH3 is 1. The van der Waals surface area contributed by atoms with Crippen LogP contribution in [0.15, 0.2) is 18.2 Å². The highest BCUT2D eigenvalue weighted by molar-refractivity contribution is 5.71. The number of para-hydroxylation sites is 1. The van der Waals surface area contributed by atoms with Gasteiger partial charge in [-0.05, 0) is 37.3 Å². The first-order chi connectivity index (χ1) is 8.22. The lowest BCUT2D eigenvalue weighted by molar-refractivity contribution is 0.143. The maximum absolute atomic E-state index is 6.16. The summed E-state index contributed by atoms with van der Waals surface area (Å²) < 4.78 is 5.26. The molecule has 3 heteroatoms. The number of aryl methyl sites for hydroxylation is 1. The molecule has 2 N–H and O–H groups in total. The van der Waals surface area contributed by atoms with E-state index in [2.05, 4.69) is 30.0 Å². The highest BCUT2D eigenvalue weighted by Gasteiger charge is 2.21. The molecule has 0 amide bonds. The van der Waals surface area contributed by atoms with Crippen LogP contribution in [0.3, 0.4) is 0 Å². The van der Waals surface area contributed by atoms with Crippen molar-refractivity contribution in [2.45, 2.75) is 19.8 Å². The Morgan fingerprint density at radius 3 is 3.06 bits per heavy atom. The van der Waals surface area contributed by atoms with Crippen LogP contribution in [-0.4, -0.2) is 26.8 Å².